The molecule has 1 unspecified atom stereocenters. The van der Waals surface area contributed by atoms with Gasteiger partial charge in [0.1, 0.15) is 5.75 Å². The molecule has 5 nitrogen and oxygen atoms in total. The number of nitrogens with zero attached hydrogens (tertiary/aromatic N) is 1. The Bertz CT molecular complexity index is 419. The molecule has 1 aromatic carbocycles. The summed E-state index contributed by atoms with van der Waals surface area (Å²) in [6, 6.07) is 5.57. The minimum Gasteiger partial charge on any atom is -0.496 e. The molecule has 5 heteroatoms. The molecule has 0 radical (unpaired) electrons. The molecule has 0 aliphatic carbocycles. The number of methoxy groups -OCH3 is 1. The first-order valence-corrected chi connectivity index (χ1v) is 5.74. The van der Waals surface area contributed by atoms with Gasteiger partial charge in [-0.15, -0.1) is 0 Å². The zero-order valence-corrected chi connectivity index (χ0v) is 11.0. The SMILES string of the molecule is COc1ccc(CN(C)C)cc1C(CN)C(=O)O. The van der Waals surface area contributed by atoms with E-state index in [4.69, 9.17) is 10.5 Å². The Morgan fingerprint density at radius 3 is 2.61 bits per heavy atom. The fourth-order valence-electron chi connectivity index (χ4n) is 1.88. The highest BCUT2D eigenvalue weighted by atomic mass is 16.5. The zero-order valence-electron chi connectivity index (χ0n) is 11.0. The lowest BCUT2D eigenvalue weighted by Crippen LogP contribution is -2.22. The summed E-state index contributed by atoms with van der Waals surface area (Å²) < 4.78 is 5.21. The van der Waals surface area contributed by atoms with Gasteiger partial charge in [-0.25, -0.2) is 0 Å². The largest absolute Gasteiger partial charge is 0.496 e. The van der Waals surface area contributed by atoms with Crippen molar-refractivity contribution in [1.29, 1.82) is 0 Å². The maximum absolute atomic E-state index is 11.2. The van der Waals surface area contributed by atoms with Gasteiger partial charge in [0.15, 0.2) is 0 Å². The van der Waals surface area contributed by atoms with Crippen LogP contribution in [0.2, 0.25) is 0 Å². The summed E-state index contributed by atoms with van der Waals surface area (Å²) in [5.41, 5.74) is 7.20. The minimum absolute atomic E-state index is 0.0527. The average molecular weight is 252 g/mol. The van der Waals surface area contributed by atoms with E-state index in [0.717, 1.165) is 12.1 Å². The summed E-state index contributed by atoms with van der Waals surface area (Å²) >= 11 is 0. The molecule has 0 aliphatic heterocycles. The highest BCUT2D eigenvalue weighted by Gasteiger charge is 2.22. The average Bonchev–Trinajstić information content (AvgIpc) is 2.29. The molecule has 1 aromatic rings. The third kappa shape index (κ3) is 3.45. The number of carboxylic acids is 1. The smallest absolute Gasteiger partial charge is 0.312 e. The monoisotopic (exact) mass is 252 g/mol. The van der Waals surface area contributed by atoms with Crippen LogP contribution < -0.4 is 10.5 Å². The molecule has 0 aromatic heterocycles. The van der Waals surface area contributed by atoms with Crippen LogP contribution in [0.5, 0.6) is 5.75 Å². The van der Waals surface area contributed by atoms with Crippen LogP contribution in [0.15, 0.2) is 18.2 Å². The predicted molar refractivity (Wildman–Crippen MR) is 69.8 cm³/mol. The number of hydrogen-bond acceptors (Lipinski definition) is 4. The van der Waals surface area contributed by atoms with Crippen molar-refractivity contribution < 1.29 is 14.6 Å². The highest BCUT2D eigenvalue weighted by Crippen LogP contribution is 2.28. The number of ether oxygens (including phenoxy) is 1. The lowest BCUT2D eigenvalue weighted by Gasteiger charge is -2.17. The number of hydrogen-bond donors (Lipinski definition) is 2. The van der Waals surface area contributed by atoms with Gasteiger partial charge in [-0.3, -0.25) is 4.79 Å². The van der Waals surface area contributed by atoms with Crippen molar-refractivity contribution in [2.24, 2.45) is 5.73 Å². The van der Waals surface area contributed by atoms with Gasteiger partial charge in [-0.1, -0.05) is 6.07 Å². The first kappa shape index (κ1) is 14.5. The molecule has 100 valence electrons. The molecule has 0 saturated heterocycles. The van der Waals surface area contributed by atoms with Gasteiger partial charge in [0.25, 0.3) is 0 Å². The highest BCUT2D eigenvalue weighted by molar-refractivity contribution is 5.77. The van der Waals surface area contributed by atoms with Gasteiger partial charge < -0.3 is 20.5 Å². The molecule has 0 bridgehead atoms. The maximum Gasteiger partial charge on any atom is 0.312 e. The van der Waals surface area contributed by atoms with Crippen molar-refractivity contribution in [3.63, 3.8) is 0 Å². The van der Waals surface area contributed by atoms with Crippen LogP contribution in [0.3, 0.4) is 0 Å². The van der Waals surface area contributed by atoms with Crippen molar-refractivity contribution in [2.45, 2.75) is 12.5 Å². The molecule has 0 aliphatic rings. The minimum atomic E-state index is -0.933. The summed E-state index contributed by atoms with van der Waals surface area (Å²) in [6.45, 7) is 0.797. The predicted octanol–water partition coefficient (Wildman–Crippen LogP) is 0.884. The number of rotatable bonds is 6. The van der Waals surface area contributed by atoms with Crippen molar-refractivity contribution in [3.05, 3.63) is 29.3 Å². The van der Waals surface area contributed by atoms with Crippen molar-refractivity contribution >= 4 is 5.97 Å². The Labute approximate surface area is 107 Å². The normalized spacial score (nSPS) is 12.5. The maximum atomic E-state index is 11.2. The lowest BCUT2D eigenvalue weighted by molar-refractivity contribution is -0.138. The molecule has 0 fully saturated rings. The topological polar surface area (TPSA) is 75.8 Å². The standard InChI is InChI=1S/C13H20N2O3/c1-15(2)8-9-4-5-12(18-3)10(6-9)11(7-14)13(16)17/h4-6,11H,7-8,14H2,1-3H3,(H,16,17). The van der Waals surface area contributed by atoms with Gasteiger partial charge in [0, 0.05) is 18.7 Å². The molecule has 1 atom stereocenters. The molecule has 1 rings (SSSR count). The van der Waals surface area contributed by atoms with E-state index in [1.165, 1.54) is 7.11 Å². The van der Waals surface area contributed by atoms with Crippen LogP contribution in [0.25, 0.3) is 0 Å². The summed E-state index contributed by atoms with van der Waals surface area (Å²) in [7, 11) is 5.45. The lowest BCUT2D eigenvalue weighted by atomic mass is 9.96. The second-order valence-electron chi connectivity index (χ2n) is 4.44. The van der Waals surface area contributed by atoms with Crippen molar-refractivity contribution in [3.8, 4) is 5.75 Å². The van der Waals surface area contributed by atoms with E-state index in [0.29, 0.717) is 11.3 Å². The van der Waals surface area contributed by atoms with Crippen LogP contribution in [-0.2, 0) is 11.3 Å². The number of nitrogens with two attached hydrogens (primary N) is 1. The summed E-state index contributed by atoms with van der Waals surface area (Å²) in [5.74, 6) is -1.10. The first-order valence-electron chi connectivity index (χ1n) is 5.74. The fraction of sp³-hybridized carbons (Fsp3) is 0.462. The van der Waals surface area contributed by atoms with Gasteiger partial charge >= 0.3 is 5.97 Å². The van der Waals surface area contributed by atoms with Crippen LogP contribution >= 0.6 is 0 Å². The van der Waals surface area contributed by atoms with Gasteiger partial charge in [0.2, 0.25) is 0 Å². The fourth-order valence-corrected chi connectivity index (χ4v) is 1.88. The zero-order chi connectivity index (χ0) is 13.7. The Kier molecular flexibility index (Phi) is 5.12. The molecule has 3 N–H and O–H groups in total. The van der Waals surface area contributed by atoms with E-state index in [1.807, 2.05) is 31.1 Å². The third-order valence-corrected chi connectivity index (χ3v) is 2.70. The van der Waals surface area contributed by atoms with E-state index in [9.17, 15) is 9.90 Å². The van der Waals surface area contributed by atoms with E-state index in [1.54, 1.807) is 6.07 Å². The number of aliphatic carboxylic acids is 1. The summed E-state index contributed by atoms with van der Waals surface area (Å²) in [6.07, 6.45) is 0. The molecule has 0 spiro atoms. The Morgan fingerprint density at radius 2 is 2.17 bits per heavy atom. The van der Waals surface area contributed by atoms with Gasteiger partial charge in [-0.05, 0) is 31.8 Å². The number of carbonyl (C=O) groups is 1. The molecule has 0 amide bonds. The van der Waals surface area contributed by atoms with E-state index in [-0.39, 0.29) is 6.54 Å². The van der Waals surface area contributed by atoms with E-state index >= 15 is 0 Å². The number of carboxylic acid groups (broad SMARTS) is 1. The summed E-state index contributed by atoms with van der Waals surface area (Å²) in [5, 5.41) is 9.17. The second kappa shape index (κ2) is 6.37. The van der Waals surface area contributed by atoms with Crippen LogP contribution in [-0.4, -0.2) is 43.7 Å². The third-order valence-electron chi connectivity index (χ3n) is 2.70. The quantitative estimate of drug-likeness (QED) is 0.786. The molecular weight excluding hydrogens is 232 g/mol. The van der Waals surface area contributed by atoms with Crippen LogP contribution in [0, 0.1) is 0 Å². The van der Waals surface area contributed by atoms with Crippen molar-refractivity contribution in [2.75, 3.05) is 27.7 Å². The Morgan fingerprint density at radius 1 is 1.50 bits per heavy atom. The van der Waals surface area contributed by atoms with Gasteiger partial charge in [-0.2, -0.15) is 0 Å². The second-order valence-corrected chi connectivity index (χ2v) is 4.44. The van der Waals surface area contributed by atoms with Gasteiger partial charge in [0.05, 0.1) is 13.0 Å². The Hall–Kier alpha value is -1.59. The van der Waals surface area contributed by atoms with Crippen molar-refractivity contribution in [1.82, 2.24) is 4.90 Å². The van der Waals surface area contributed by atoms with Crippen LogP contribution in [0.4, 0.5) is 0 Å². The molecule has 0 heterocycles. The number of benzene rings is 1. The Balaban J connectivity index is 3.16. The molecule has 0 saturated carbocycles. The van der Waals surface area contributed by atoms with E-state index in [2.05, 4.69) is 0 Å². The summed E-state index contributed by atoms with van der Waals surface area (Å²) in [4.78, 5) is 13.2. The van der Waals surface area contributed by atoms with E-state index < -0.39 is 11.9 Å². The first-order chi connectivity index (χ1) is 8.49. The van der Waals surface area contributed by atoms with Crippen LogP contribution in [0.1, 0.15) is 17.0 Å². The molecular formula is C13H20N2O3. The molecule has 18 heavy (non-hydrogen) atoms.